The average molecular weight is 211 g/mol. The molecule has 0 aliphatic carbocycles. The van der Waals surface area contributed by atoms with Gasteiger partial charge in [0.1, 0.15) is 0 Å². The third-order valence-electron chi connectivity index (χ3n) is 2.24. The molecule has 1 aromatic rings. The van der Waals surface area contributed by atoms with Crippen LogP contribution in [0, 0.1) is 0 Å². The van der Waals surface area contributed by atoms with Crippen molar-refractivity contribution in [3.8, 4) is 0 Å². The first-order chi connectivity index (χ1) is 7.20. The standard InChI is InChI=1S/C10H17N3O2/c1-3-11-6-8-13-9(14)5-7-12(4-2)10(13)15/h5,7,11H,3-4,6,8H2,1-2H3. The molecule has 15 heavy (non-hydrogen) atoms. The van der Waals surface area contributed by atoms with E-state index in [0.717, 1.165) is 6.54 Å². The van der Waals surface area contributed by atoms with Gasteiger partial charge in [0, 0.05) is 31.9 Å². The quantitative estimate of drug-likeness (QED) is 0.677. The van der Waals surface area contributed by atoms with Crippen molar-refractivity contribution in [1.82, 2.24) is 14.5 Å². The van der Waals surface area contributed by atoms with Crippen molar-refractivity contribution in [1.29, 1.82) is 0 Å². The van der Waals surface area contributed by atoms with E-state index in [9.17, 15) is 9.59 Å². The first kappa shape index (κ1) is 11.7. The molecule has 0 saturated carbocycles. The second kappa shape index (κ2) is 5.50. The maximum atomic E-state index is 11.7. The van der Waals surface area contributed by atoms with E-state index in [1.54, 1.807) is 0 Å². The summed E-state index contributed by atoms with van der Waals surface area (Å²) >= 11 is 0. The van der Waals surface area contributed by atoms with Gasteiger partial charge in [0.05, 0.1) is 0 Å². The molecule has 0 aromatic carbocycles. The van der Waals surface area contributed by atoms with Gasteiger partial charge in [0.2, 0.25) is 0 Å². The van der Waals surface area contributed by atoms with Crippen molar-refractivity contribution in [2.45, 2.75) is 26.9 Å². The van der Waals surface area contributed by atoms with Gasteiger partial charge in [-0.05, 0) is 13.5 Å². The van der Waals surface area contributed by atoms with Gasteiger partial charge in [0.25, 0.3) is 5.56 Å². The molecule has 1 aromatic heterocycles. The van der Waals surface area contributed by atoms with E-state index in [1.807, 2.05) is 13.8 Å². The van der Waals surface area contributed by atoms with Crippen molar-refractivity contribution in [3.05, 3.63) is 33.1 Å². The van der Waals surface area contributed by atoms with Crippen LogP contribution in [0.15, 0.2) is 21.9 Å². The van der Waals surface area contributed by atoms with Gasteiger partial charge in [-0.15, -0.1) is 0 Å². The minimum absolute atomic E-state index is 0.233. The smallest absolute Gasteiger partial charge is 0.315 e. The number of nitrogens with one attached hydrogen (secondary N) is 1. The van der Waals surface area contributed by atoms with Crippen LogP contribution < -0.4 is 16.6 Å². The molecule has 5 nitrogen and oxygen atoms in total. The fourth-order valence-electron chi connectivity index (χ4n) is 1.37. The summed E-state index contributed by atoms with van der Waals surface area (Å²) in [7, 11) is 0. The molecule has 0 aliphatic heterocycles. The molecule has 0 bridgehead atoms. The highest BCUT2D eigenvalue weighted by atomic mass is 16.2. The summed E-state index contributed by atoms with van der Waals surface area (Å²) < 4.78 is 2.78. The van der Waals surface area contributed by atoms with Crippen LogP contribution >= 0.6 is 0 Å². The van der Waals surface area contributed by atoms with Crippen LogP contribution in [0.4, 0.5) is 0 Å². The summed E-state index contributed by atoms with van der Waals surface area (Å²) in [6, 6.07) is 1.43. The number of likely N-dealkylation sites (N-methyl/N-ethyl adjacent to an activating group) is 1. The Hall–Kier alpha value is -1.36. The van der Waals surface area contributed by atoms with Gasteiger partial charge in [-0.2, -0.15) is 0 Å². The maximum absolute atomic E-state index is 11.7. The molecule has 0 radical (unpaired) electrons. The monoisotopic (exact) mass is 211 g/mol. The Morgan fingerprint density at radius 3 is 2.67 bits per heavy atom. The number of hydrogen-bond donors (Lipinski definition) is 1. The summed E-state index contributed by atoms with van der Waals surface area (Å²) in [5.41, 5.74) is -0.467. The number of hydrogen-bond acceptors (Lipinski definition) is 3. The van der Waals surface area contributed by atoms with Crippen LogP contribution in [0.2, 0.25) is 0 Å². The molecule has 1 rings (SSSR count). The molecule has 0 aliphatic rings. The number of rotatable bonds is 5. The molecular formula is C10H17N3O2. The Morgan fingerprint density at radius 1 is 1.33 bits per heavy atom. The molecule has 1 N–H and O–H groups in total. The van der Waals surface area contributed by atoms with E-state index in [0.29, 0.717) is 19.6 Å². The zero-order valence-corrected chi connectivity index (χ0v) is 9.19. The molecule has 0 spiro atoms. The molecule has 0 fully saturated rings. The lowest BCUT2D eigenvalue weighted by atomic mass is 10.5. The Kier molecular flexibility index (Phi) is 4.30. The van der Waals surface area contributed by atoms with Gasteiger partial charge < -0.3 is 9.88 Å². The topological polar surface area (TPSA) is 56.0 Å². The zero-order chi connectivity index (χ0) is 11.3. The van der Waals surface area contributed by atoms with Gasteiger partial charge >= 0.3 is 5.69 Å². The molecule has 84 valence electrons. The van der Waals surface area contributed by atoms with E-state index in [-0.39, 0.29) is 11.2 Å². The highest BCUT2D eigenvalue weighted by molar-refractivity contribution is 4.86. The van der Waals surface area contributed by atoms with Gasteiger partial charge in [0.15, 0.2) is 0 Å². The molecule has 0 saturated heterocycles. The molecule has 0 amide bonds. The fourth-order valence-corrected chi connectivity index (χ4v) is 1.37. The molecule has 0 unspecified atom stereocenters. The Morgan fingerprint density at radius 2 is 2.07 bits per heavy atom. The predicted molar refractivity (Wildman–Crippen MR) is 59.2 cm³/mol. The zero-order valence-electron chi connectivity index (χ0n) is 9.19. The van der Waals surface area contributed by atoms with Crippen molar-refractivity contribution < 1.29 is 0 Å². The summed E-state index contributed by atoms with van der Waals surface area (Å²) in [5, 5.41) is 3.08. The fraction of sp³-hybridized carbons (Fsp3) is 0.600. The first-order valence-corrected chi connectivity index (χ1v) is 5.21. The van der Waals surface area contributed by atoms with Crippen LogP contribution in [0.1, 0.15) is 13.8 Å². The van der Waals surface area contributed by atoms with Crippen LogP contribution in [0.3, 0.4) is 0 Å². The molecular weight excluding hydrogens is 194 g/mol. The lowest BCUT2D eigenvalue weighted by molar-refractivity contribution is 0.538. The lowest BCUT2D eigenvalue weighted by Crippen LogP contribution is -2.40. The largest absolute Gasteiger partial charge is 0.330 e. The molecule has 5 heteroatoms. The Balaban J connectivity index is 2.95. The SMILES string of the molecule is CCNCCn1c(=O)ccn(CC)c1=O. The van der Waals surface area contributed by atoms with Crippen molar-refractivity contribution in [3.63, 3.8) is 0 Å². The van der Waals surface area contributed by atoms with Crippen molar-refractivity contribution in [2.24, 2.45) is 0 Å². The average Bonchev–Trinajstić information content (AvgIpc) is 2.23. The minimum atomic E-state index is -0.234. The van der Waals surface area contributed by atoms with Crippen LogP contribution in [-0.2, 0) is 13.1 Å². The van der Waals surface area contributed by atoms with Crippen LogP contribution in [0.5, 0.6) is 0 Å². The van der Waals surface area contributed by atoms with Crippen molar-refractivity contribution in [2.75, 3.05) is 13.1 Å². The summed E-state index contributed by atoms with van der Waals surface area (Å²) in [5.74, 6) is 0. The third-order valence-corrected chi connectivity index (χ3v) is 2.24. The first-order valence-electron chi connectivity index (χ1n) is 5.21. The van der Waals surface area contributed by atoms with Gasteiger partial charge in [-0.25, -0.2) is 4.79 Å². The van der Waals surface area contributed by atoms with Gasteiger partial charge in [-0.3, -0.25) is 9.36 Å². The van der Waals surface area contributed by atoms with E-state index in [1.165, 1.54) is 21.4 Å². The van der Waals surface area contributed by atoms with E-state index in [2.05, 4.69) is 5.32 Å². The maximum Gasteiger partial charge on any atom is 0.330 e. The number of nitrogens with zero attached hydrogens (tertiary/aromatic N) is 2. The molecule has 1 heterocycles. The van der Waals surface area contributed by atoms with Gasteiger partial charge in [-0.1, -0.05) is 6.92 Å². The molecule has 0 atom stereocenters. The predicted octanol–water partition coefficient (Wildman–Crippen LogP) is -0.361. The number of aryl methyl sites for hydroxylation is 1. The van der Waals surface area contributed by atoms with E-state index in [4.69, 9.17) is 0 Å². The third kappa shape index (κ3) is 2.79. The number of aromatic nitrogens is 2. The minimum Gasteiger partial charge on any atom is -0.315 e. The lowest BCUT2D eigenvalue weighted by Gasteiger charge is -2.07. The summed E-state index contributed by atoms with van der Waals surface area (Å²) in [4.78, 5) is 23.1. The normalized spacial score (nSPS) is 10.5. The van der Waals surface area contributed by atoms with Crippen LogP contribution in [0.25, 0.3) is 0 Å². The highest BCUT2D eigenvalue weighted by Crippen LogP contribution is 1.78. The summed E-state index contributed by atoms with van der Waals surface area (Å²) in [6.45, 7) is 6.34. The second-order valence-corrected chi connectivity index (χ2v) is 3.23. The van der Waals surface area contributed by atoms with E-state index >= 15 is 0 Å². The van der Waals surface area contributed by atoms with Crippen molar-refractivity contribution >= 4 is 0 Å². The Bertz CT molecular complexity index is 419. The summed E-state index contributed by atoms with van der Waals surface area (Å²) in [6.07, 6.45) is 1.54. The van der Waals surface area contributed by atoms with Crippen LogP contribution in [-0.4, -0.2) is 22.2 Å². The highest BCUT2D eigenvalue weighted by Gasteiger charge is 2.02. The Labute approximate surface area is 88.4 Å². The van der Waals surface area contributed by atoms with E-state index < -0.39 is 0 Å². The second-order valence-electron chi connectivity index (χ2n) is 3.23.